The first-order valence-electron chi connectivity index (χ1n) is 8.56. The number of thioether (sulfide) groups is 1. The number of nitrogens with one attached hydrogen (secondary N) is 1. The Labute approximate surface area is 158 Å². The molecule has 0 aliphatic rings. The van der Waals surface area contributed by atoms with E-state index in [1.165, 1.54) is 17.3 Å². The van der Waals surface area contributed by atoms with E-state index < -0.39 is 0 Å². The number of hydrogen-bond donors (Lipinski definition) is 1. The molecule has 0 bridgehead atoms. The predicted molar refractivity (Wildman–Crippen MR) is 107 cm³/mol. The van der Waals surface area contributed by atoms with Gasteiger partial charge in [-0.15, -0.1) is 10.2 Å². The van der Waals surface area contributed by atoms with Crippen LogP contribution in [0.2, 0.25) is 0 Å². The molecular weight excluding hydrogens is 342 g/mol. The van der Waals surface area contributed by atoms with Gasteiger partial charge >= 0.3 is 0 Å². The largest absolute Gasteiger partial charge is 0.325 e. The van der Waals surface area contributed by atoms with Crippen molar-refractivity contribution in [2.24, 2.45) is 0 Å². The average molecular weight is 363 g/mol. The number of aryl methyl sites for hydroxylation is 2. The Hall–Kier alpha value is -2.66. The number of aromatic nitrogens is 2. The number of rotatable bonds is 6. The van der Waals surface area contributed by atoms with Crippen LogP contribution in [-0.2, 0) is 11.2 Å². The van der Waals surface area contributed by atoms with Gasteiger partial charge in [0.2, 0.25) is 5.91 Å². The highest BCUT2D eigenvalue weighted by atomic mass is 32.2. The topological polar surface area (TPSA) is 54.9 Å². The van der Waals surface area contributed by atoms with Gasteiger partial charge in [0.25, 0.3) is 0 Å². The summed E-state index contributed by atoms with van der Waals surface area (Å²) in [7, 11) is 0. The molecule has 0 spiro atoms. The number of carbonyl (C=O) groups is 1. The highest BCUT2D eigenvalue weighted by Crippen LogP contribution is 2.21. The van der Waals surface area contributed by atoms with Crippen molar-refractivity contribution >= 4 is 23.4 Å². The Kier molecular flexibility index (Phi) is 6.02. The molecule has 0 saturated carbocycles. The lowest BCUT2D eigenvalue weighted by molar-refractivity contribution is -0.113. The molecule has 5 heteroatoms. The summed E-state index contributed by atoms with van der Waals surface area (Å²) >= 11 is 1.38. The third-order valence-electron chi connectivity index (χ3n) is 3.95. The first kappa shape index (κ1) is 18.1. The smallest absolute Gasteiger partial charge is 0.234 e. The van der Waals surface area contributed by atoms with Crippen molar-refractivity contribution in [3.8, 4) is 11.3 Å². The van der Waals surface area contributed by atoms with Crippen LogP contribution in [0.15, 0.2) is 65.7 Å². The molecule has 0 radical (unpaired) electrons. The van der Waals surface area contributed by atoms with E-state index >= 15 is 0 Å². The van der Waals surface area contributed by atoms with Crippen molar-refractivity contribution in [3.05, 3.63) is 71.8 Å². The number of amides is 1. The summed E-state index contributed by atoms with van der Waals surface area (Å²) < 4.78 is 0. The summed E-state index contributed by atoms with van der Waals surface area (Å²) in [6.45, 7) is 4.13. The van der Waals surface area contributed by atoms with Gasteiger partial charge in [0.05, 0.1) is 11.4 Å². The average Bonchev–Trinajstić information content (AvgIpc) is 2.67. The van der Waals surface area contributed by atoms with E-state index in [1.54, 1.807) is 0 Å². The Morgan fingerprint density at radius 3 is 2.50 bits per heavy atom. The molecule has 1 heterocycles. The van der Waals surface area contributed by atoms with Crippen LogP contribution in [0.4, 0.5) is 5.69 Å². The van der Waals surface area contributed by atoms with Crippen LogP contribution in [0.1, 0.15) is 18.1 Å². The summed E-state index contributed by atoms with van der Waals surface area (Å²) in [5, 5.41) is 12.1. The normalized spacial score (nSPS) is 10.5. The number of anilines is 1. The molecule has 1 N–H and O–H groups in total. The highest BCUT2D eigenvalue weighted by molar-refractivity contribution is 7.99. The highest BCUT2D eigenvalue weighted by Gasteiger charge is 2.06. The lowest BCUT2D eigenvalue weighted by atomic mass is 10.1. The number of benzene rings is 2. The number of carbonyl (C=O) groups excluding carboxylic acids is 1. The summed E-state index contributed by atoms with van der Waals surface area (Å²) in [6.07, 6.45) is 1.02. The van der Waals surface area contributed by atoms with Crippen LogP contribution in [0, 0.1) is 6.92 Å². The molecule has 0 saturated heterocycles. The zero-order valence-corrected chi connectivity index (χ0v) is 15.7. The van der Waals surface area contributed by atoms with Crippen LogP contribution >= 0.6 is 11.8 Å². The van der Waals surface area contributed by atoms with Gasteiger partial charge in [-0.05, 0) is 48.7 Å². The van der Waals surface area contributed by atoms with E-state index in [9.17, 15) is 4.79 Å². The maximum Gasteiger partial charge on any atom is 0.234 e. The first-order chi connectivity index (χ1) is 12.6. The van der Waals surface area contributed by atoms with E-state index in [0.29, 0.717) is 5.75 Å². The van der Waals surface area contributed by atoms with Gasteiger partial charge in [-0.2, -0.15) is 0 Å². The summed E-state index contributed by atoms with van der Waals surface area (Å²) in [5.41, 5.74) is 5.11. The van der Waals surface area contributed by atoms with Crippen molar-refractivity contribution < 1.29 is 4.79 Å². The predicted octanol–water partition coefficient (Wildman–Crippen LogP) is 4.75. The summed E-state index contributed by atoms with van der Waals surface area (Å²) in [5.74, 6) is 0.245. The van der Waals surface area contributed by atoms with Crippen molar-refractivity contribution in [1.82, 2.24) is 10.2 Å². The van der Waals surface area contributed by atoms with E-state index in [-0.39, 0.29) is 5.91 Å². The van der Waals surface area contributed by atoms with E-state index in [0.717, 1.165) is 34.0 Å². The maximum absolute atomic E-state index is 12.1. The van der Waals surface area contributed by atoms with Gasteiger partial charge in [0.1, 0.15) is 5.03 Å². The Morgan fingerprint density at radius 1 is 1.04 bits per heavy atom. The zero-order chi connectivity index (χ0) is 18.4. The molecule has 3 aromatic rings. The monoisotopic (exact) mass is 363 g/mol. The molecule has 0 fully saturated rings. The second-order valence-electron chi connectivity index (χ2n) is 6.01. The quantitative estimate of drug-likeness (QED) is 0.643. The molecule has 0 atom stereocenters. The molecule has 0 aliphatic heterocycles. The molecule has 4 nitrogen and oxygen atoms in total. The zero-order valence-electron chi connectivity index (χ0n) is 14.9. The minimum Gasteiger partial charge on any atom is -0.325 e. The standard InChI is InChI=1S/C21H21N3OS/c1-3-16-7-9-17(10-8-16)19-11-12-21(24-23-19)26-14-20(25)22-18-6-4-5-15(2)13-18/h4-13H,3,14H2,1-2H3,(H,22,25). The molecule has 2 aromatic carbocycles. The molecule has 0 unspecified atom stereocenters. The molecule has 3 rings (SSSR count). The fourth-order valence-corrected chi connectivity index (χ4v) is 3.14. The van der Waals surface area contributed by atoms with Gasteiger partial charge in [-0.3, -0.25) is 4.79 Å². The van der Waals surface area contributed by atoms with Crippen molar-refractivity contribution in [1.29, 1.82) is 0 Å². The lowest BCUT2D eigenvalue weighted by Crippen LogP contribution is -2.14. The van der Waals surface area contributed by atoms with Crippen LogP contribution in [0.25, 0.3) is 11.3 Å². The minimum absolute atomic E-state index is 0.0540. The summed E-state index contributed by atoms with van der Waals surface area (Å²) in [4.78, 5) is 12.1. The second kappa shape index (κ2) is 8.63. The van der Waals surface area contributed by atoms with E-state index in [4.69, 9.17) is 0 Å². The van der Waals surface area contributed by atoms with Crippen LogP contribution in [0.3, 0.4) is 0 Å². The van der Waals surface area contributed by atoms with Crippen molar-refractivity contribution in [3.63, 3.8) is 0 Å². The van der Waals surface area contributed by atoms with Gasteiger partial charge in [-0.1, -0.05) is 55.1 Å². The Balaban J connectivity index is 1.56. The third-order valence-corrected chi connectivity index (χ3v) is 4.87. The van der Waals surface area contributed by atoms with Gasteiger partial charge in [0, 0.05) is 11.3 Å². The molecule has 1 amide bonds. The van der Waals surface area contributed by atoms with Crippen LogP contribution < -0.4 is 5.32 Å². The maximum atomic E-state index is 12.1. The van der Waals surface area contributed by atoms with Crippen molar-refractivity contribution in [2.75, 3.05) is 11.1 Å². The van der Waals surface area contributed by atoms with E-state index in [1.807, 2.05) is 43.3 Å². The number of hydrogen-bond acceptors (Lipinski definition) is 4. The lowest BCUT2D eigenvalue weighted by Gasteiger charge is -2.06. The van der Waals surface area contributed by atoms with Gasteiger partial charge in [0.15, 0.2) is 0 Å². The van der Waals surface area contributed by atoms with Crippen LogP contribution in [-0.4, -0.2) is 21.9 Å². The second-order valence-corrected chi connectivity index (χ2v) is 7.01. The fourth-order valence-electron chi connectivity index (χ4n) is 2.52. The van der Waals surface area contributed by atoms with Crippen molar-refractivity contribution in [2.45, 2.75) is 25.3 Å². The van der Waals surface area contributed by atoms with Crippen LogP contribution in [0.5, 0.6) is 0 Å². The molecular formula is C21H21N3OS. The van der Waals surface area contributed by atoms with E-state index in [2.05, 4.69) is 46.7 Å². The summed E-state index contributed by atoms with van der Waals surface area (Å²) in [6, 6.07) is 19.9. The van der Waals surface area contributed by atoms with Gasteiger partial charge in [-0.25, -0.2) is 0 Å². The molecule has 26 heavy (non-hydrogen) atoms. The molecule has 0 aliphatic carbocycles. The van der Waals surface area contributed by atoms with Gasteiger partial charge < -0.3 is 5.32 Å². The number of nitrogens with zero attached hydrogens (tertiary/aromatic N) is 2. The Morgan fingerprint density at radius 2 is 1.85 bits per heavy atom. The third kappa shape index (κ3) is 4.92. The minimum atomic E-state index is -0.0540. The fraction of sp³-hybridized carbons (Fsp3) is 0.190. The molecule has 132 valence electrons. The Bertz CT molecular complexity index is 877. The first-order valence-corrected chi connectivity index (χ1v) is 9.55. The molecule has 1 aromatic heterocycles. The SMILES string of the molecule is CCc1ccc(-c2ccc(SCC(=O)Nc3cccc(C)c3)nn2)cc1.